The normalized spacial score (nSPS) is 26.6. The fraction of sp³-hybridized carbons (Fsp3) is 0.818. The number of hydrogen-bond donors (Lipinski definition) is 2. The van der Waals surface area contributed by atoms with E-state index in [4.69, 9.17) is 15.6 Å². The molecule has 2 rings (SSSR count). The zero-order valence-electron chi connectivity index (χ0n) is 9.72. The van der Waals surface area contributed by atoms with Gasteiger partial charge in [0.2, 0.25) is 5.91 Å². The number of morpholine rings is 1. The maximum absolute atomic E-state index is 12.3. The van der Waals surface area contributed by atoms with E-state index >= 15 is 0 Å². The van der Waals surface area contributed by atoms with E-state index in [1.54, 1.807) is 4.90 Å². The SMILES string of the molecule is NCC1(C(=O)N2CCOCC2CC(=O)O)CC1. The van der Waals surface area contributed by atoms with Gasteiger partial charge in [-0.3, -0.25) is 9.59 Å². The molecule has 6 nitrogen and oxygen atoms in total. The lowest BCUT2D eigenvalue weighted by Crippen LogP contribution is -2.53. The summed E-state index contributed by atoms with van der Waals surface area (Å²) in [5, 5.41) is 8.82. The standard InChI is InChI=1S/C11H18N2O4/c12-7-11(1-2-11)10(16)13-3-4-17-6-8(13)5-9(14)15/h8H,1-7,12H2,(H,14,15). The van der Waals surface area contributed by atoms with Crippen molar-refractivity contribution in [3.8, 4) is 0 Å². The Bertz CT molecular complexity index is 327. The van der Waals surface area contributed by atoms with Crippen LogP contribution in [0.2, 0.25) is 0 Å². The van der Waals surface area contributed by atoms with Crippen LogP contribution in [-0.4, -0.2) is 54.2 Å². The molecule has 1 atom stereocenters. The highest BCUT2D eigenvalue weighted by Gasteiger charge is 2.51. The lowest BCUT2D eigenvalue weighted by Gasteiger charge is -2.37. The van der Waals surface area contributed by atoms with Gasteiger partial charge in [-0.2, -0.15) is 0 Å². The largest absolute Gasteiger partial charge is 0.481 e. The monoisotopic (exact) mass is 242 g/mol. The van der Waals surface area contributed by atoms with E-state index in [1.165, 1.54) is 0 Å². The molecule has 2 aliphatic rings. The molecule has 1 aliphatic heterocycles. The highest BCUT2D eigenvalue weighted by atomic mass is 16.5. The Morgan fingerprint density at radius 2 is 2.18 bits per heavy atom. The van der Waals surface area contributed by atoms with Crippen molar-refractivity contribution < 1.29 is 19.4 Å². The summed E-state index contributed by atoms with van der Waals surface area (Å²) >= 11 is 0. The first kappa shape index (κ1) is 12.3. The number of ether oxygens (including phenoxy) is 1. The second kappa shape index (κ2) is 4.62. The van der Waals surface area contributed by atoms with Crippen molar-refractivity contribution in [2.45, 2.75) is 25.3 Å². The van der Waals surface area contributed by atoms with Gasteiger partial charge in [0, 0.05) is 13.1 Å². The summed E-state index contributed by atoms with van der Waals surface area (Å²) in [5.74, 6) is -0.898. The van der Waals surface area contributed by atoms with Gasteiger partial charge >= 0.3 is 5.97 Å². The topological polar surface area (TPSA) is 92.9 Å². The molecule has 1 saturated carbocycles. The van der Waals surface area contributed by atoms with Crippen molar-refractivity contribution in [1.29, 1.82) is 0 Å². The van der Waals surface area contributed by atoms with Crippen LogP contribution in [0.15, 0.2) is 0 Å². The Labute approximate surface area is 99.7 Å². The Morgan fingerprint density at radius 1 is 1.47 bits per heavy atom. The van der Waals surface area contributed by atoms with Gasteiger partial charge in [-0.1, -0.05) is 0 Å². The Morgan fingerprint density at radius 3 is 2.71 bits per heavy atom. The molecular weight excluding hydrogens is 224 g/mol. The fourth-order valence-corrected chi connectivity index (χ4v) is 2.25. The molecule has 6 heteroatoms. The van der Waals surface area contributed by atoms with Gasteiger partial charge in [0.25, 0.3) is 0 Å². The molecule has 0 aromatic heterocycles. The summed E-state index contributed by atoms with van der Waals surface area (Å²) in [6, 6.07) is -0.349. The number of carboxylic acid groups (broad SMARTS) is 1. The lowest BCUT2D eigenvalue weighted by atomic mass is 10.0. The van der Waals surface area contributed by atoms with E-state index in [9.17, 15) is 9.59 Å². The third-order valence-corrected chi connectivity index (χ3v) is 3.60. The smallest absolute Gasteiger partial charge is 0.305 e. The maximum Gasteiger partial charge on any atom is 0.305 e. The molecule has 17 heavy (non-hydrogen) atoms. The van der Waals surface area contributed by atoms with E-state index < -0.39 is 11.4 Å². The van der Waals surface area contributed by atoms with Crippen molar-refractivity contribution in [1.82, 2.24) is 4.90 Å². The molecule has 96 valence electrons. The summed E-state index contributed by atoms with van der Waals surface area (Å²) in [6.07, 6.45) is 1.57. The Balaban J connectivity index is 2.05. The first-order chi connectivity index (χ1) is 8.09. The van der Waals surface area contributed by atoms with Crippen LogP contribution in [0.4, 0.5) is 0 Å². The minimum Gasteiger partial charge on any atom is -0.481 e. The van der Waals surface area contributed by atoms with Crippen LogP contribution in [0.5, 0.6) is 0 Å². The van der Waals surface area contributed by atoms with E-state index in [0.717, 1.165) is 12.8 Å². The van der Waals surface area contributed by atoms with Crippen LogP contribution in [-0.2, 0) is 14.3 Å². The Kier molecular flexibility index (Phi) is 3.35. The molecule has 0 bridgehead atoms. The highest BCUT2D eigenvalue weighted by Crippen LogP contribution is 2.46. The second-order valence-corrected chi connectivity index (χ2v) is 4.81. The van der Waals surface area contributed by atoms with Crippen LogP contribution in [0.3, 0.4) is 0 Å². The quantitative estimate of drug-likeness (QED) is 0.688. The fourth-order valence-electron chi connectivity index (χ4n) is 2.25. The number of carboxylic acids is 1. The molecular formula is C11H18N2O4. The maximum atomic E-state index is 12.3. The summed E-state index contributed by atoms with van der Waals surface area (Å²) in [6.45, 7) is 1.60. The number of hydrogen-bond acceptors (Lipinski definition) is 4. The van der Waals surface area contributed by atoms with Crippen molar-refractivity contribution in [2.24, 2.45) is 11.1 Å². The zero-order chi connectivity index (χ0) is 12.5. The van der Waals surface area contributed by atoms with Gasteiger partial charge in [0.1, 0.15) is 0 Å². The van der Waals surface area contributed by atoms with Crippen molar-refractivity contribution >= 4 is 11.9 Å². The molecule has 1 heterocycles. The predicted molar refractivity (Wildman–Crippen MR) is 59.3 cm³/mol. The van der Waals surface area contributed by atoms with Crippen molar-refractivity contribution in [3.05, 3.63) is 0 Å². The van der Waals surface area contributed by atoms with Crippen LogP contribution in [0.1, 0.15) is 19.3 Å². The number of carbonyl (C=O) groups is 2. The van der Waals surface area contributed by atoms with E-state index in [-0.39, 0.29) is 18.4 Å². The van der Waals surface area contributed by atoms with Gasteiger partial charge in [-0.05, 0) is 12.8 Å². The number of rotatable bonds is 4. The summed E-state index contributed by atoms with van der Waals surface area (Å²) in [7, 11) is 0. The lowest BCUT2D eigenvalue weighted by molar-refractivity contribution is -0.149. The van der Waals surface area contributed by atoms with Gasteiger partial charge in [-0.15, -0.1) is 0 Å². The van der Waals surface area contributed by atoms with Gasteiger partial charge in [-0.25, -0.2) is 0 Å². The summed E-state index contributed by atoms with van der Waals surface area (Å²) in [4.78, 5) is 24.7. The van der Waals surface area contributed by atoms with Crippen molar-refractivity contribution in [3.63, 3.8) is 0 Å². The first-order valence-corrected chi connectivity index (χ1v) is 5.90. The first-order valence-electron chi connectivity index (χ1n) is 5.90. The predicted octanol–water partition coefficient (Wildman–Crippen LogP) is -0.573. The van der Waals surface area contributed by atoms with Crippen molar-refractivity contribution in [2.75, 3.05) is 26.3 Å². The molecule has 1 amide bonds. The number of amides is 1. The Hall–Kier alpha value is -1.14. The molecule has 1 saturated heterocycles. The number of nitrogens with two attached hydrogens (primary N) is 1. The molecule has 1 unspecified atom stereocenters. The van der Waals surface area contributed by atoms with Gasteiger partial charge in [0.15, 0.2) is 0 Å². The van der Waals surface area contributed by atoms with Gasteiger partial charge < -0.3 is 20.5 Å². The molecule has 3 N–H and O–H groups in total. The van der Waals surface area contributed by atoms with Crippen LogP contribution < -0.4 is 5.73 Å². The third kappa shape index (κ3) is 2.42. The second-order valence-electron chi connectivity index (χ2n) is 4.81. The van der Waals surface area contributed by atoms with E-state index in [0.29, 0.717) is 26.3 Å². The molecule has 2 fully saturated rings. The average Bonchev–Trinajstić information content (AvgIpc) is 3.09. The minimum atomic E-state index is -0.907. The van der Waals surface area contributed by atoms with Crippen LogP contribution in [0.25, 0.3) is 0 Å². The molecule has 0 aromatic carbocycles. The summed E-state index contributed by atoms with van der Waals surface area (Å²) in [5.41, 5.74) is 5.22. The van der Waals surface area contributed by atoms with E-state index in [1.807, 2.05) is 0 Å². The average molecular weight is 242 g/mol. The zero-order valence-corrected chi connectivity index (χ0v) is 9.72. The molecule has 0 radical (unpaired) electrons. The van der Waals surface area contributed by atoms with Gasteiger partial charge in [0.05, 0.1) is 31.1 Å². The summed E-state index contributed by atoms with van der Waals surface area (Å²) < 4.78 is 5.24. The molecule has 0 aromatic rings. The van der Waals surface area contributed by atoms with Crippen LogP contribution >= 0.6 is 0 Å². The molecule has 1 aliphatic carbocycles. The number of aliphatic carboxylic acids is 1. The number of carbonyl (C=O) groups excluding carboxylic acids is 1. The number of nitrogens with zero attached hydrogens (tertiary/aromatic N) is 1. The van der Waals surface area contributed by atoms with Crippen LogP contribution in [0, 0.1) is 5.41 Å². The van der Waals surface area contributed by atoms with E-state index in [2.05, 4.69) is 0 Å². The molecule has 0 spiro atoms. The minimum absolute atomic E-state index is 0.00884. The third-order valence-electron chi connectivity index (χ3n) is 3.60. The highest BCUT2D eigenvalue weighted by molar-refractivity contribution is 5.86.